The molecule has 0 bridgehead atoms. The number of piperidine rings is 1. The molecule has 1 heterocycles. The molecule has 0 radical (unpaired) electrons. The van der Waals surface area contributed by atoms with E-state index in [-0.39, 0.29) is 5.91 Å². The number of likely N-dealkylation sites (tertiary alicyclic amines) is 1. The Kier molecular flexibility index (Phi) is 6.75. The second-order valence-electron chi connectivity index (χ2n) is 5.82. The number of nitrogens with zero attached hydrogens (tertiary/aromatic N) is 1. The van der Waals surface area contributed by atoms with Crippen LogP contribution in [0.4, 0.5) is 0 Å². The lowest BCUT2D eigenvalue weighted by Crippen LogP contribution is -2.37. The zero-order valence-corrected chi connectivity index (χ0v) is 15.0. The number of hydrogen-bond donors (Lipinski definition) is 1. The molecule has 1 aromatic carbocycles. The van der Waals surface area contributed by atoms with Crippen molar-refractivity contribution in [3.63, 3.8) is 0 Å². The summed E-state index contributed by atoms with van der Waals surface area (Å²) in [6.45, 7) is 3.91. The van der Waals surface area contributed by atoms with E-state index in [1.54, 1.807) is 12.1 Å². The first-order valence-corrected chi connectivity index (χ1v) is 8.49. The lowest BCUT2D eigenvalue weighted by molar-refractivity contribution is -0.131. The van der Waals surface area contributed by atoms with E-state index >= 15 is 0 Å². The van der Waals surface area contributed by atoms with Crippen molar-refractivity contribution in [1.29, 1.82) is 0 Å². The van der Waals surface area contributed by atoms with Crippen molar-refractivity contribution in [2.45, 2.75) is 26.2 Å². The minimum absolute atomic E-state index is 0.132. The quantitative estimate of drug-likeness (QED) is 0.806. The number of amides is 1. The van der Waals surface area contributed by atoms with Crippen LogP contribution in [0.25, 0.3) is 5.70 Å². The molecule has 0 spiro atoms. The Bertz CT molecular complexity index is 582. The van der Waals surface area contributed by atoms with Gasteiger partial charge in [-0.2, -0.15) is 0 Å². The highest BCUT2D eigenvalue weighted by Gasteiger charge is 2.19. The van der Waals surface area contributed by atoms with Crippen LogP contribution in [0, 0.1) is 5.92 Å². The molecule has 0 saturated carbocycles. The summed E-state index contributed by atoms with van der Waals surface area (Å²) in [6.07, 6.45) is 4.29. The monoisotopic (exact) mass is 356 g/mol. The third-order valence-electron chi connectivity index (χ3n) is 4.06. The summed E-state index contributed by atoms with van der Waals surface area (Å²) in [5.74, 6) is 0.837. The smallest absolute Gasteiger partial charge is 0.226 e. The number of benzene rings is 1. The summed E-state index contributed by atoms with van der Waals surface area (Å²) in [7, 11) is 1.53. The number of hydrogen-bond acceptors (Lipinski definition) is 3. The van der Waals surface area contributed by atoms with Crippen LogP contribution in [-0.2, 0) is 9.63 Å². The van der Waals surface area contributed by atoms with Gasteiger partial charge in [0.1, 0.15) is 0 Å². The third-order valence-corrected chi connectivity index (χ3v) is 4.80. The fourth-order valence-corrected chi connectivity index (χ4v) is 2.87. The Morgan fingerprint density at radius 3 is 2.65 bits per heavy atom. The first-order chi connectivity index (χ1) is 11.0. The van der Waals surface area contributed by atoms with E-state index in [4.69, 9.17) is 28.0 Å². The molecule has 0 atom stereocenters. The average molecular weight is 357 g/mol. The SMILES string of the molecule is CONC(=CCC(=O)N1CCC(C)CC1)c1ccc(Cl)c(Cl)c1. The lowest BCUT2D eigenvalue weighted by atomic mass is 9.99. The fraction of sp³-hybridized carbons (Fsp3) is 0.471. The van der Waals surface area contributed by atoms with Gasteiger partial charge in [-0.15, -0.1) is 0 Å². The molecule has 2 rings (SSSR count). The van der Waals surface area contributed by atoms with Crippen molar-refractivity contribution in [2.75, 3.05) is 20.2 Å². The van der Waals surface area contributed by atoms with Crippen molar-refractivity contribution in [3.8, 4) is 0 Å². The minimum Gasteiger partial charge on any atom is -0.342 e. The predicted molar refractivity (Wildman–Crippen MR) is 94.2 cm³/mol. The summed E-state index contributed by atoms with van der Waals surface area (Å²) in [4.78, 5) is 19.3. The number of hydroxylamine groups is 1. The van der Waals surface area contributed by atoms with Crippen LogP contribution in [0.15, 0.2) is 24.3 Å². The molecular weight excluding hydrogens is 335 g/mol. The summed E-state index contributed by atoms with van der Waals surface area (Å²) >= 11 is 12.0. The molecule has 1 aromatic rings. The molecule has 6 heteroatoms. The van der Waals surface area contributed by atoms with Crippen molar-refractivity contribution >= 4 is 34.8 Å². The normalized spacial score (nSPS) is 16.5. The van der Waals surface area contributed by atoms with Gasteiger partial charge >= 0.3 is 0 Å². The molecule has 0 aromatic heterocycles. The van der Waals surface area contributed by atoms with Crippen molar-refractivity contribution in [3.05, 3.63) is 39.9 Å². The van der Waals surface area contributed by atoms with E-state index in [1.807, 2.05) is 17.0 Å². The third kappa shape index (κ3) is 5.13. The molecule has 1 aliphatic rings. The van der Waals surface area contributed by atoms with E-state index in [0.717, 1.165) is 31.5 Å². The Hall–Kier alpha value is -1.23. The van der Waals surface area contributed by atoms with Crippen LogP contribution in [0.2, 0.25) is 10.0 Å². The van der Waals surface area contributed by atoms with Gasteiger partial charge in [-0.05, 0) is 37.0 Å². The first-order valence-electron chi connectivity index (χ1n) is 7.73. The zero-order valence-electron chi connectivity index (χ0n) is 13.4. The van der Waals surface area contributed by atoms with Crippen LogP contribution < -0.4 is 5.48 Å². The van der Waals surface area contributed by atoms with Crippen molar-refractivity contribution in [2.24, 2.45) is 5.92 Å². The van der Waals surface area contributed by atoms with Crippen LogP contribution in [-0.4, -0.2) is 31.0 Å². The summed E-state index contributed by atoms with van der Waals surface area (Å²) in [5.41, 5.74) is 4.32. The maximum absolute atomic E-state index is 12.3. The summed E-state index contributed by atoms with van der Waals surface area (Å²) < 4.78 is 0. The first kappa shape index (κ1) is 18.1. The van der Waals surface area contributed by atoms with E-state index < -0.39 is 0 Å². The Morgan fingerprint density at radius 2 is 2.04 bits per heavy atom. The minimum atomic E-state index is 0.132. The molecule has 0 aliphatic carbocycles. The van der Waals surface area contributed by atoms with Gasteiger partial charge in [0, 0.05) is 25.1 Å². The molecule has 23 heavy (non-hydrogen) atoms. The topological polar surface area (TPSA) is 41.6 Å². The lowest BCUT2D eigenvalue weighted by Gasteiger charge is -2.30. The molecule has 1 aliphatic heterocycles. The van der Waals surface area contributed by atoms with E-state index in [2.05, 4.69) is 12.4 Å². The number of carbonyl (C=O) groups is 1. The maximum atomic E-state index is 12.3. The van der Waals surface area contributed by atoms with Gasteiger partial charge in [0.2, 0.25) is 5.91 Å². The molecule has 1 N–H and O–H groups in total. The van der Waals surface area contributed by atoms with E-state index in [1.165, 1.54) is 7.11 Å². The molecule has 1 saturated heterocycles. The van der Waals surface area contributed by atoms with E-state index in [9.17, 15) is 4.79 Å². The molecule has 4 nitrogen and oxygen atoms in total. The van der Waals surface area contributed by atoms with Gasteiger partial charge in [0.25, 0.3) is 0 Å². The Morgan fingerprint density at radius 1 is 1.35 bits per heavy atom. The highest BCUT2D eigenvalue weighted by atomic mass is 35.5. The molecular formula is C17H22Cl2N2O2. The summed E-state index contributed by atoms with van der Waals surface area (Å²) in [5, 5.41) is 0.954. The van der Waals surface area contributed by atoms with Gasteiger partial charge in [0.05, 0.1) is 22.9 Å². The Labute approximate surface area is 147 Å². The molecule has 1 fully saturated rings. The largest absolute Gasteiger partial charge is 0.342 e. The van der Waals surface area contributed by atoms with Crippen LogP contribution in [0.1, 0.15) is 31.7 Å². The van der Waals surface area contributed by atoms with E-state index in [0.29, 0.717) is 28.1 Å². The number of halogens is 2. The standard InChI is InChI=1S/C17H22Cl2N2O2/c1-12-7-9-21(10-8-12)17(22)6-5-16(20-23-2)13-3-4-14(18)15(19)11-13/h3-5,11-12,20H,6-10H2,1-2H3. The number of rotatable bonds is 5. The van der Waals surface area contributed by atoms with Crippen LogP contribution >= 0.6 is 23.2 Å². The van der Waals surface area contributed by atoms with Crippen LogP contribution in [0.5, 0.6) is 0 Å². The average Bonchev–Trinajstić information content (AvgIpc) is 2.54. The second kappa shape index (κ2) is 8.57. The van der Waals surface area contributed by atoms with Gasteiger partial charge in [-0.1, -0.05) is 36.2 Å². The zero-order chi connectivity index (χ0) is 16.8. The highest BCUT2D eigenvalue weighted by molar-refractivity contribution is 6.42. The summed E-state index contributed by atoms with van der Waals surface area (Å²) in [6, 6.07) is 5.30. The van der Waals surface area contributed by atoms with Crippen molar-refractivity contribution < 1.29 is 9.63 Å². The number of nitrogens with one attached hydrogen (secondary N) is 1. The molecule has 1 amide bonds. The fourth-order valence-electron chi connectivity index (χ4n) is 2.57. The van der Waals surface area contributed by atoms with Gasteiger partial charge in [0.15, 0.2) is 0 Å². The van der Waals surface area contributed by atoms with Gasteiger partial charge in [-0.25, -0.2) is 0 Å². The molecule has 126 valence electrons. The Balaban J connectivity index is 2.06. The predicted octanol–water partition coefficient (Wildman–Crippen LogP) is 4.13. The van der Waals surface area contributed by atoms with Gasteiger partial charge in [-0.3, -0.25) is 15.1 Å². The highest BCUT2D eigenvalue weighted by Crippen LogP contribution is 2.25. The second-order valence-corrected chi connectivity index (χ2v) is 6.63. The maximum Gasteiger partial charge on any atom is 0.226 e. The van der Waals surface area contributed by atoms with Gasteiger partial charge < -0.3 is 4.90 Å². The molecule has 0 unspecified atom stereocenters. The van der Waals surface area contributed by atoms with Crippen molar-refractivity contribution in [1.82, 2.24) is 10.4 Å². The van der Waals surface area contributed by atoms with Crippen LogP contribution in [0.3, 0.4) is 0 Å². The number of carbonyl (C=O) groups excluding carboxylic acids is 1.